The van der Waals surface area contributed by atoms with Gasteiger partial charge in [-0.15, -0.1) is 0 Å². The van der Waals surface area contributed by atoms with Crippen LogP contribution in [0.25, 0.3) is 0 Å². The van der Waals surface area contributed by atoms with Crippen LogP contribution in [0.2, 0.25) is 0 Å². The SMILES string of the molecule is CC1(c2ccco2)NC(=O)N(CCCCCBr)C1=O. The summed E-state index contributed by atoms with van der Waals surface area (Å²) in [7, 11) is 0. The third-order valence-corrected chi connectivity index (χ3v) is 3.87. The summed E-state index contributed by atoms with van der Waals surface area (Å²) in [6, 6.07) is 3.06. The summed E-state index contributed by atoms with van der Waals surface area (Å²) in [4.78, 5) is 25.6. The van der Waals surface area contributed by atoms with Gasteiger partial charge in [0.25, 0.3) is 5.91 Å². The lowest BCUT2D eigenvalue weighted by Crippen LogP contribution is -2.40. The van der Waals surface area contributed by atoms with Crippen LogP contribution < -0.4 is 5.32 Å². The van der Waals surface area contributed by atoms with Gasteiger partial charge in [-0.3, -0.25) is 9.69 Å². The van der Waals surface area contributed by atoms with Crippen LogP contribution in [0.3, 0.4) is 0 Å². The van der Waals surface area contributed by atoms with Crippen molar-refractivity contribution in [2.45, 2.75) is 31.7 Å². The van der Waals surface area contributed by atoms with Crippen molar-refractivity contribution in [1.29, 1.82) is 0 Å². The van der Waals surface area contributed by atoms with Crippen molar-refractivity contribution in [3.05, 3.63) is 24.2 Å². The second-order valence-electron chi connectivity index (χ2n) is 4.74. The number of amides is 3. The zero-order valence-electron chi connectivity index (χ0n) is 10.8. The van der Waals surface area contributed by atoms with E-state index in [1.54, 1.807) is 19.1 Å². The van der Waals surface area contributed by atoms with Crippen LogP contribution in [0.5, 0.6) is 0 Å². The maximum atomic E-state index is 12.4. The van der Waals surface area contributed by atoms with Crippen molar-refractivity contribution in [2.24, 2.45) is 0 Å². The van der Waals surface area contributed by atoms with Crippen molar-refractivity contribution in [1.82, 2.24) is 10.2 Å². The molecule has 6 heteroatoms. The second kappa shape index (κ2) is 5.77. The molecular formula is C13H17BrN2O3. The number of halogens is 1. The van der Waals surface area contributed by atoms with Crippen molar-refractivity contribution in [2.75, 3.05) is 11.9 Å². The van der Waals surface area contributed by atoms with Crippen LogP contribution in [0, 0.1) is 0 Å². The highest BCUT2D eigenvalue weighted by Gasteiger charge is 2.50. The topological polar surface area (TPSA) is 62.6 Å². The van der Waals surface area contributed by atoms with Crippen LogP contribution in [0.1, 0.15) is 31.9 Å². The minimum atomic E-state index is -1.07. The summed E-state index contributed by atoms with van der Waals surface area (Å²) in [5, 5.41) is 3.65. The summed E-state index contributed by atoms with van der Waals surface area (Å²) in [6.45, 7) is 2.12. The largest absolute Gasteiger partial charge is 0.466 e. The third kappa shape index (κ3) is 2.68. The van der Waals surface area contributed by atoms with Gasteiger partial charge in [-0.2, -0.15) is 0 Å². The summed E-state index contributed by atoms with van der Waals surface area (Å²) in [6.07, 6.45) is 4.34. The lowest BCUT2D eigenvalue weighted by molar-refractivity contribution is -0.131. The van der Waals surface area contributed by atoms with Gasteiger partial charge in [0.2, 0.25) is 0 Å². The van der Waals surface area contributed by atoms with Gasteiger partial charge in [0.15, 0.2) is 5.54 Å². The first-order valence-electron chi connectivity index (χ1n) is 6.33. The quantitative estimate of drug-likeness (QED) is 0.496. The molecule has 0 saturated carbocycles. The number of hydrogen-bond acceptors (Lipinski definition) is 3. The molecule has 0 spiro atoms. The monoisotopic (exact) mass is 328 g/mol. The Labute approximate surface area is 120 Å². The van der Waals surface area contributed by atoms with Crippen molar-refractivity contribution in [3.8, 4) is 0 Å². The third-order valence-electron chi connectivity index (χ3n) is 3.30. The number of carbonyl (C=O) groups is 2. The van der Waals surface area contributed by atoms with Gasteiger partial charge in [0.1, 0.15) is 5.76 Å². The number of nitrogens with zero attached hydrogens (tertiary/aromatic N) is 1. The Kier molecular flexibility index (Phi) is 4.29. The lowest BCUT2D eigenvalue weighted by atomic mass is 9.99. The molecule has 1 atom stereocenters. The first kappa shape index (κ1) is 14.1. The molecule has 2 rings (SSSR count). The maximum absolute atomic E-state index is 12.4. The van der Waals surface area contributed by atoms with Crippen molar-refractivity contribution < 1.29 is 14.0 Å². The number of hydrogen-bond donors (Lipinski definition) is 1. The number of urea groups is 1. The predicted octanol–water partition coefficient (Wildman–Crippen LogP) is 2.61. The zero-order valence-corrected chi connectivity index (χ0v) is 12.4. The van der Waals surface area contributed by atoms with E-state index in [-0.39, 0.29) is 11.9 Å². The molecule has 1 saturated heterocycles. The molecule has 2 heterocycles. The van der Waals surface area contributed by atoms with Crippen LogP contribution in [0.15, 0.2) is 22.8 Å². The van der Waals surface area contributed by atoms with E-state index in [1.165, 1.54) is 11.2 Å². The van der Waals surface area contributed by atoms with E-state index in [0.717, 1.165) is 24.6 Å². The van der Waals surface area contributed by atoms with Crippen molar-refractivity contribution in [3.63, 3.8) is 0 Å². The van der Waals surface area contributed by atoms with E-state index in [9.17, 15) is 9.59 Å². The molecule has 1 N–H and O–H groups in total. The standard InChI is InChI=1S/C13H17BrN2O3/c1-13(10-6-5-9-19-10)11(17)16(12(18)15-13)8-4-2-3-7-14/h5-6,9H,2-4,7-8H2,1H3,(H,15,18). The molecule has 19 heavy (non-hydrogen) atoms. The number of imide groups is 1. The molecule has 0 aliphatic carbocycles. The molecular weight excluding hydrogens is 312 g/mol. The molecule has 1 aliphatic heterocycles. The Morgan fingerprint density at radius 1 is 1.37 bits per heavy atom. The van der Waals surface area contributed by atoms with Gasteiger partial charge in [0.05, 0.1) is 6.26 Å². The predicted molar refractivity (Wildman–Crippen MR) is 73.9 cm³/mol. The van der Waals surface area contributed by atoms with Gasteiger partial charge in [-0.05, 0) is 31.9 Å². The lowest BCUT2D eigenvalue weighted by Gasteiger charge is -2.18. The molecule has 5 nitrogen and oxygen atoms in total. The number of furan rings is 1. The first-order chi connectivity index (χ1) is 9.09. The molecule has 104 valence electrons. The smallest absolute Gasteiger partial charge is 0.325 e. The molecule has 0 radical (unpaired) electrons. The molecule has 0 aromatic carbocycles. The Hall–Kier alpha value is -1.30. The molecule has 1 aromatic rings. The summed E-state index contributed by atoms with van der Waals surface area (Å²) >= 11 is 3.36. The molecule has 3 amide bonds. The Morgan fingerprint density at radius 2 is 2.16 bits per heavy atom. The number of alkyl halides is 1. The highest BCUT2D eigenvalue weighted by atomic mass is 79.9. The Balaban J connectivity index is 2.04. The van der Waals surface area contributed by atoms with Crippen LogP contribution in [-0.2, 0) is 10.3 Å². The molecule has 1 aliphatic rings. The van der Waals surface area contributed by atoms with E-state index in [2.05, 4.69) is 21.2 Å². The summed E-state index contributed by atoms with van der Waals surface area (Å²) in [5.41, 5.74) is -1.07. The molecule has 1 unspecified atom stereocenters. The highest BCUT2D eigenvalue weighted by Crippen LogP contribution is 2.29. The van der Waals surface area contributed by atoms with E-state index < -0.39 is 5.54 Å². The number of carbonyl (C=O) groups excluding carboxylic acids is 2. The van der Waals surface area contributed by atoms with Crippen LogP contribution >= 0.6 is 15.9 Å². The average molecular weight is 329 g/mol. The first-order valence-corrected chi connectivity index (χ1v) is 7.46. The minimum absolute atomic E-state index is 0.244. The highest BCUT2D eigenvalue weighted by molar-refractivity contribution is 9.09. The number of nitrogens with one attached hydrogen (secondary N) is 1. The summed E-state index contributed by atoms with van der Waals surface area (Å²) in [5.74, 6) is 0.222. The van der Waals surface area contributed by atoms with E-state index in [0.29, 0.717) is 12.3 Å². The second-order valence-corrected chi connectivity index (χ2v) is 5.53. The number of unbranched alkanes of at least 4 members (excludes halogenated alkanes) is 2. The van der Waals surface area contributed by atoms with Gasteiger partial charge >= 0.3 is 6.03 Å². The normalized spacial score (nSPS) is 22.9. The van der Waals surface area contributed by atoms with E-state index in [1.807, 2.05) is 0 Å². The Bertz CT molecular complexity index is 460. The molecule has 0 bridgehead atoms. The van der Waals surface area contributed by atoms with Gasteiger partial charge < -0.3 is 9.73 Å². The van der Waals surface area contributed by atoms with E-state index >= 15 is 0 Å². The minimum Gasteiger partial charge on any atom is -0.466 e. The fraction of sp³-hybridized carbons (Fsp3) is 0.538. The molecule has 1 aromatic heterocycles. The van der Waals surface area contributed by atoms with Crippen molar-refractivity contribution >= 4 is 27.9 Å². The van der Waals surface area contributed by atoms with Gasteiger partial charge in [0, 0.05) is 11.9 Å². The number of rotatable bonds is 6. The van der Waals surface area contributed by atoms with Gasteiger partial charge in [-0.25, -0.2) is 4.79 Å². The Morgan fingerprint density at radius 3 is 2.79 bits per heavy atom. The fourth-order valence-electron chi connectivity index (χ4n) is 2.17. The van der Waals surface area contributed by atoms with Gasteiger partial charge in [-0.1, -0.05) is 22.4 Å². The van der Waals surface area contributed by atoms with E-state index in [4.69, 9.17) is 4.42 Å². The van der Waals surface area contributed by atoms with Crippen LogP contribution in [-0.4, -0.2) is 28.7 Å². The van der Waals surface area contributed by atoms with Crippen LogP contribution in [0.4, 0.5) is 4.79 Å². The maximum Gasteiger partial charge on any atom is 0.325 e. The molecule has 1 fully saturated rings. The summed E-state index contributed by atoms with van der Waals surface area (Å²) < 4.78 is 5.26. The average Bonchev–Trinajstić information content (AvgIpc) is 2.97. The zero-order chi connectivity index (χ0) is 13.9. The fourth-order valence-corrected chi connectivity index (χ4v) is 2.57.